The minimum Gasteiger partial charge on any atom is -0.312 e. The van der Waals surface area contributed by atoms with Crippen molar-refractivity contribution in [2.75, 3.05) is 6.54 Å². The molecule has 3 aromatic heterocycles. The van der Waals surface area contributed by atoms with Gasteiger partial charge in [0.2, 0.25) is 0 Å². The molecule has 1 N–H and O–H groups in total. The van der Waals surface area contributed by atoms with Gasteiger partial charge in [0, 0.05) is 40.9 Å². The maximum absolute atomic E-state index is 12.7. The lowest BCUT2D eigenvalue weighted by Crippen LogP contribution is -2.22. The molecule has 4 heterocycles. The lowest BCUT2D eigenvalue weighted by atomic mass is 9.81. The molecule has 0 aromatic carbocycles. The standard InChI is InChI=1S/C22H25N3OS2/c26-15(6-2-5-14-3-1-4-14)11-19-21(16-7-9-24-13-20(16)27-19)22-25-17-12-23-10-8-18(17)28-22/h8,10,12,14,24H,1-7,9,11,13H2. The fraction of sp³-hybridized carbons (Fsp3) is 0.500. The number of nitrogens with zero attached hydrogens (tertiary/aromatic N) is 2. The zero-order valence-electron chi connectivity index (χ0n) is 16.0. The third-order valence-corrected chi connectivity index (χ3v) is 8.34. The summed E-state index contributed by atoms with van der Waals surface area (Å²) in [4.78, 5) is 24.4. The van der Waals surface area contributed by atoms with Crippen molar-refractivity contribution in [2.24, 2.45) is 5.92 Å². The van der Waals surface area contributed by atoms with Gasteiger partial charge < -0.3 is 5.32 Å². The van der Waals surface area contributed by atoms with E-state index in [1.54, 1.807) is 11.3 Å². The number of aromatic nitrogens is 2. The van der Waals surface area contributed by atoms with Crippen LogP contribution in [-0.2, 0) is 24.2 Å². The first kappa shape index (κ1) is 18.4. The second-order valence-corrected chi connectivity index (χ2v) is 10.2. The monoisotopic (exact) mass is 411 g/mol. The summed E-state index contributed by atoms with van der Waals surface area (Å²) in [6, 6.07) is 2.03. The highest BCUT2D eigenvalue weighted by atomic mass is 32.1. The predicted octanol–water partition coefficient (Wildman–Crippen LogP) is 5.15. The predicted molar refractivity (Wildman–Crippen MR) is 116 cm³/mol. The second-order valence-electron chi connectivity index (χ2n) is 8.00. The Kier molecular flexibility index (Phi) is 5.26. The third kappa shape index (κ3) is 3.65. The summed E-state index contributed by atoms with van der Waals surface area (Å²) >= 11 is 3.54. The molecule has 0 unspecified atom stereocenters. The molecule has 0 radical (unpaired) electrons. The van der Waals surface area contributed by atoms with Crippen molar-refractivity contribution in [3.63, 3.8) is 0 Å². The average Bonchev–Trinajstić information content (AvgIpc) is 3.23. The van der Waals surface area contributed by atoms with Crippen LogP contribution in [0.1, 0.15) is 53.8 Å². The first-order valence-corrected chi connectivity index (χ1v) is 12.0. The third-order valence-electron chi connectivity index (χ3n) is 6.06. The van der Waals surface area contributed by atoms with Gasteiger partial charge in [0.15, 0.2) is 0 Å². The number of pyridine rings is 1. The molecule has 0 saturated heterocycles. The Hall–Kier alpha value is -1.63. The summed E-state index contributed by atoms with van der Waals surface area (Å²) in [6.07, 6.45) is 12.4. The summed E-state index contributed by atoms with van der Waals surface area (Å²) in [5, 5.41) is 4.53. The summed E-state index contributed by atoms with van der Waals surface area (Å²) in [5.41, 5.74) is 3.61. The molecule has 1 fully saturated rings. The fourth-order valence-corrected chi connectivity index (χ4v) is 6.74. The van der Waals surface area contributed by atoms with Crippen LogP contribution in [0.5, 0.6) is 0 Å². The van der Waals surface area contributed by atoms with Crippen LogP contribution >= 0.6 is 22.7 Å². The number of carbonyl (C=O) groups excluding carboxylic acids is 1. The first-order valence-electron chi connectivity index (χ1n) is 10.3. The number of fused-ring (bicyclic) bond motifs is 2. The SMILES string of the molecule is O=C(CCCC1CCC1)Cc1sc2c(c1-c1nc3cnccc3s1)CCNC2. The van der Waals surface area contributed by atoms with Crippen molar-refractivity contribution in [3.05, 3.63) is 33.8 Å². The Balaban J connectivity index is 1.40. The number of rotatable bonds is 7. The molecule has 0 atom stereocenters. The minimum absolute atomic E-state index is 0.384. The Morgan fingerprint density at radius 2 is 2.21 bits per heavy atom. The van der Waals surface area contributed by atoms with Crippen LogP contribution < -0.4 is 5.32 Å². The summed E-state index contributed by atoms with van der Waals surface area (Å²) in [6.45, 7) is 1.91. The maximum atomic E-state index is 12.7. The summed E-state index contributed by atoms with van der Waals surface area (Å²) in [5.74, 6) is 1.27. The maximum Gasteiger partial charge on any atom is 0.138 e. The molecule has 4 nitrogen and oxygen atoms in total. The van der Waals surface area contributed by atoms with Crippen molar-refractivity contribution < 1.29 is 4.79 Å². The van der Waals surface area contributed by atoms with Gasteiger partial charge in [-0.05, 0) is 36.9 Å². The minimum atomic E-state index is 0.384. The molecule has 28 heavy (non-hydrogen) atoms. The van der Waals surface area contributed by atoms with E-state index >= 15 is 0 Å². The highest BCUT2D eigenvalue weighted by molar-refractivity contribution is 7.22. The highest BCUT2D eigenvalue weighted by Gasteiger charge is 2.25. The topological polar surface area (TPSA) is 54.9 Å². The Labute approximate surface area is 173 Å². The van der Waals surface area contributed by atoms with Gasteiger partial charge in [0.05, 0.1) is 10.9 Å². The van der Waals surface area contributed by atoms with E-state index in [2.05, 4.69) is 10.3 Å². The van der Waals surface area contributed by atoms with Crippen molar-refractivity contribution in [1.82, 2.24) is 15.3 Å². The van der Waals surface area contributed by atoms with E-state index in [0.29, 0.717) is 12.2 Å². The van der Waals surface area contributed by atoms with Crippen LogP contribution in [0, 0.1) is 5.92 Å². The fourth-order valence-electron chi connectivity index (χ4n) is 4.29. The molecule has 0 amide bonds. The van der Waals surface area contributed by atoms with E-state index in [1.165, 1.54) is 46.6 Å². The number of Topliss-reactive ketones (excluding diaryl/α,β-unsaturated/α-hetero) is 1. The van der Waals surface area contributed by atoms with Crippen LogP contribution in [0.25, 0.3) is 20.8 Å². The Morgan fingerprint density at radius 1 is 1.29 bits per heavy atom. The zero-order valence-corrected chi connectivity index (χ0v) is 17.6. The van der Waals surface area contributed by atoms with E-state index in [9.17, 15) is 4.79 Å². The van der Waals surface area contributed by atoms with Crippen LogP contribution in [0.4, 0.5) is 0 Å². The van der Waals surface area contributed by atoms with Crippen LogP contribution in [0.2, 0.25) is 0 Å². The van der Waals surface area contributed by atoms with Crippen molar-refractivity contribution in [3.8, 4) is 10.6 Å². The molecule has 5 rings (SSSR count). The molecule has 146 valence electrons. The van der Waals surface area contributed by atoms with Gasteiger partial charge >= 0.3 is 0 Å². The van der Waals surface area contributed by atoms with E-state index < -0.39 is 0 Å². The smallest absolute Gasteiger partial charge is 0.138 e. The van der Waals surface area contributed by atoms with E-state index in [1.807, 2.05) is 29.8 Å². The van der Waals surface area contributed by atoms with Crippen molar-refractivity contribution in [1.29, 1.82) is 0 Å². The number of thiazole rings is 1. The van der Waals surface area contributed by atoms with E-state index in [4.69, 9.17) is 4.98 Å². The molecule has 0 bridgehead atoms. The molecule has 3 aromatic rings. The zero-order chi connectivity index (χ0) is 18.9. The van der Waals surface area contributed by atoms with Gasteiger partial charge in [0.1, 0.15) is 16.3 Å². The number of carbonyl (C=O) groups is 1. The van der Waals surface area contributed by atoms with E-state index in [0.717, 1.165) is 53.5 Å². The number of thiophene rings is 1. The molecule has 0 spiro atoms. The molecular weight excluding hydrogens is 386 g/mol. The lowest BCUT2D eigenvalue weighted by molar-refractivity contribution is -0.118. The van der Waals surface area contributed by atoms with Crippen molar-refractivity contribution in [2.45, 2.75) is 57.9 Å². The Bertz CT molecular complexity index is 970. The summed E-state index contributed by atoms with van der Waals surface area (Å²) in [7, 11) is 0. The number of nitrogens with one attached hydrogen (secondary N) is 1. The quantitative estimate of drug-likeness (QED) is 0.584. The summed E-state index contributed by atoms with van der Waals surface area (Å²) < 4.78 is 1.16. The normalized spacial score (nSPS) is 16.9. The largest absolute Gasteiger partial charge is 0.312 e. The van der Waals surface area contributed by atoms with Crippen molar-refractivity contribution >= 4 is 38.7 Å². The van der Waals surface area contributed by atoms with Gasteiger partial charge in [-0.2, -0.15) is 0 Å². The van der Waals surface area contributed by atoms with Gasteiger partial charge in [-0.1, -0.05) is 25.7 Å². The van der Waals surface area contributed by atoms with E-state index in [-0.39, 0.29) is 0 Å². The van der Waals surface area contributed by atoms with Gasteiger partial charge in [0.25, 0.3) is 0 Å². The number of ketones is 1. The average molecular weight is 412 g/mol. The molecular formula is C22H25N3OS2. The molecule has 1 aliphatic heterocycles. The van der Waals surface area contributed by atoms with Gasteiger partial charge in [-0.3, -0.25) is 9.78 Å². The first-order chi connectivity index (χ1) is 13.8. The lowest BCUT2D eigenvalue weighted by Gasteiger charge is -2.24. The number of hydrogen-bond donors (Lipinski definition) is 1. The molecule has 6 heteroatoms. The molecule has 1 aliphatic carbocycles. The number of hydrogen-bond acceptors (Lipinski definition) is 6. The van der Waals surface area contributed by atoms with Crippen LogP contribution in [0.3, 0.4) is 0 Å². The second kappa shape index (κ2) is 8.01. The molecule has 1 saturated carbocycles. The van der Waals surface area contributed by atoms with Gasteiger partial charge in [-0.25, -0.2) is 4.98 Å². The molecule has 2 aliphatic rings. The van der Waals surface area contributed by atoms with Crippen LogP contribution in [0.15, 0.2) is 18.5 Å². The highest BCUT2D eigenvalue weighted by Crippen LogP contribution is 2.42. The van der Waals surface area contributed by atoms with Gasteiger partial charge in [-0.15, -0.1) is 22.7 Å². The Morgan fingerprint density at radius 3 is 3.04 bits per heavy atom. The van der Waals surface area contributed by atoms with Crippen LogP contribution in [-0.4, -0.2) is 22.3 Å².